The Kier molecular flexibility index (Phi) is 11.7. The molecular weight excluding hydrogens is 481 g/mol. The lowest BCUT2D eigenvalue weighted by atomic mass is 10.1. The molecule has 29 heavy (non-hydrogen) atoms. The Morgan fingerprint density at radius 1 is 1.17 bits per heavy atom. The molecule has 2 aliphatic rings. The Bertz CT molecular complexity index is 574. The maximum Gasteiger partial charge on any atom is 0.193 e. The number of ether oxygens (including phenoxy) is 3. The topological polar surface area (TPSA) is 55.3 Å². The molecule has 164 valence electrons. The van der Waals surface area contributed by atoms with E-state index >= 15 is 0 Å². The van der Waals surface area contributed by atoms with Crippen LogP contribution in [0.2, 0.25) is 0 Å². The maximum absolute atomic E-state index is 6.11. The highest BCUT2D eigenvalue weighted by Crippen LogP contribution is 2.18. The van der Waals surface area contributed by atoms with E-state index < -0.39 is 0 Å². The van der Waals surface area contributed by atoms with E-state index in [0.717, 1.165) is 70.2 Å². The van der Waals surface area contributed by atoms with Gasteiger partial charge in [-0.15, -0.1) is 24.0 Å². The van der Waals surface area contributed by atoms with Crippen LogP contribution in [-0.2, 0) is 9.47 Å². The molecule has 1 aromatic carbocycles. The number of piperidine rings is 1. The number of likely N-dealkylation sites (tertiary alicyclic amines) is 1. The van der Waals surface area contributed by atoms with Crippen molar-refractivity contribution in [1.82, 2.24) is 10.2 Å². The van der Waals surface area contributed by atoms with Crippen LogP contribution in [0.3, 0.4) is 0 Å². The molecule has 0 spiro atoms. The van der Waals surface area contributed by atoms with Gasteiger partial charge in [0.25, 0.3) is 0 Å². The predicted octanol–water partition coefficient (Wildman–Crippen LogP) is 3.70. The van der Waals surface area contributed by atoms with Crippen LogP contribution in [0.4, 0.5) is 0 Å². The van der Waals surface area contributed by atoms with Gasteiger partial charge < -0.3 is 24.4 Å². The summed E-state index contributed by atoms with van der Waals surface area (Å²) in [4.78, 5) is 6.77. The zero-order valence-corrected chi connectivity index (χ0v) is 19.9. The molecule has 6 nitrogen and oxygen atoms in total. The lowest BCUT2D eigenvalue weighted by Crippen LogP contribution is -2.47. The van der Waals surface area contributed by atoms with Crippen molar-refractivity contribution in [3.63, 3.8) is 0 Å². The lowest BCUT2D eigenvalue weighted by molar-refractivity contribution is -0.0721. The molecule has 0 bridgehead atoms. The van der Waals surface area contributed by atoms with Crippen molar-refractivity contribution in [3.05, 3.63) is 30.3 Å². The second-order valence-corrected chi connectivity index (χ2v) is 7.50. The minimum atomic E-state index is 0. The molecule has 2 aliphatic heterocycles. The Labute approximate surface area is 192 Å². The zero-order valence-electron chi connectivity index (χ0n) is 17.6. The van der Waals surface area contributed by atoms with E-state index in [4.69, 9.17) is 14.2 Å². The van der Waals surface area contributed by atoms with Gasteiger partial charge in [0, 0.05) is 33.3 Å². The van der Waals surface area contributed by atoms with Crippen molar-refractivity contribution >= 4 is 29.9 Å². The number of benzene rings is 1. The van der Waals surface area contributed by atoms with Gasteiger partial charge in [-0.05, 0) is 50.7 Å². The molecule has 1 atom stereocenters. The summed E-state index contributed by atoms with van der Waals surface area (Å²) in [6, 6.07) is 9.95. The number of rotatable bonds is 8. The fraction of sp³-hybridized carbons (Fsp3) is 0.682. The normalized spacial score (nSPS) is 20.8. The lowest BCUT2D eigenvalue weighted by Gasteiger charge is -2.35. The van der Waals surface area contributed by atoms with E-state index in [-0.39, 0.29) is 24.0 Å². The van der Waals surface area contributed by atoms with Gasteiger partial charge >= 0.3 is 0 Å². The van der Waals surface area contributed by atoms with E-state index in [1.54, 1.807) is 0 Å². The Balaban J connectivity index is 0.00000300. The number of aliphatic imine (C=N–C) groups is 1. The molecule has 7 heteroatoms. The largest absolute Gasteiger partial charge is 0.494 e. The quantitative estimate of drug-likeness (QED) is 0.247. The second-order valence-electron chi connectivity index (χ2n) is 7.50. The van der Waals surface area contributed by atoms with Crippen molar-refractivity contribution in [2.45, 2.75) is 50.7 Å². The number of hydrogen-bond acceptors (Lipinski definition) is 4. The molecule has 0 aliphatic carbocycles. The first-order valence-corrected chi connectivity index (χ1v) is 10.7. The molecule has 2 heterocycles. The molecule has 0 amide bonds. The molecule has 1 aromatic rings. The number of nitrogens with zero attached hydrogens (tertiary/aromatic N) is 2. The van der Waals surface area contributed by atoms with Gasteiger partial charge in [0.2, 0.25) is 0 Å². The summed E-state index contributed by atoms with van der Waals surface area (Å²) in [5, 5.41) is 3.46. The minimum absolute atomic E-state index is 0. The van der Waals surface area contributed by atoms with Gasteiger partial charge in [-0.25, -0.2) is 0 Å². The Morgan fingerprint density at radius 3 is 2.66 bits per heavy atom. The SMILES string of the molecule is CN=C(NCCCOc1ccccc1)N1CCC(OCC2CCCCO2)CC1.I. The number of guanidine groups is 1. The molecule has 2 fully saturated rings. The van der Waals surface area contributed by atoms with Crippen molar-refractivity contribution in [2.75, 3.05) is 46.5 Å². The summed E-state index contributed by atoms with van der Waals surface area (Å²) in [5.41, 5.74) is 0. The molecular formula is C22H36IN3O3. The first kappa shape index (κ1) is 24.2. The Morgan fingerprint density at radius 2 is 1.97 bits per heavy atom. The second kappa shape index (κ2) is 14.0. The third kappa shape index (κ3) is 8.68. The maximum atomic E-state index is 6.11. The highest BCUT2D eigenvalue weighted by molar-refractivity contribution is 14.0. The van der Waals surface area contributed by atoms with Crippen LogP contribution >= 0.6 is 24.0 Å². The highest BCUT2D eigenvalue weighted by Gasteiger charge is 2.23. The van der Waals surface area contributed by atoms with E-state index in [2.05, 4.69) is 15.2 Å². The number of hydrogen-bond donors (Lipinski definition) is 1. The average Bonchev–Trinajstić information content (AvgIpc) is 2.77. The standard InChI is InChI=1S/C22H35N3O3.HI/c1-23-22(24-13-7-17-26-19-8-3-2-4-9-19)25-14-11-20(12-15-25)28-18-21-10-5-6-16-27-21;/h2-4,8-9,20-21H,5-7,10-18H2,1H3,(H,23,24);1H. The highest BCUT2D eigenvalue weighted by atomic mass is 127. The van der Waals surface area contributed by atoms with E-state index in [9.17, 15) is 0 Å². The van der Waals surface area contributed by atoms with E-state index in [0.29, 0.717) is 18.8 Å². The van der Waals surface area contributed by atoms with Gasteiger partial charge in [-0.1, -0.05) is 18.2 Å². The Hall–Kier alpha value is -1.06. The van der Waals surface area contributed by atoms with Gasteiger partial charge in [0.15, 0.2) is 5.96 Å². The predicted molar refractivity (Wildman–Crippen MR) is 127 cm³/mol. The van der Waals surface area contributed by atoms with Crippen molar-refractivity contribution < 1.29 is 14.2 Å². The summed E-state index contributed by atoms with van der Waals surface area (Å²) < 4.78 is 17.6. The van der Waals surface area contributed by atoms with Crippen LogP contribution in [0.25, 0.3) is 0 Å². The third-order valence-corrected chi connectivity index (χ3v) is 5.36. The summed E-state index contributed by atoms with van der Waals surface area (Å²) in [7, 11) is 1.85. The molecule has 0 radical (unpaired) electrons. The zero-order chi connectivity index (χ0) is 19.4. The molecule has 1 unspecified atom stereocenters. The first-order valence-electron chi connectivity index (χ1n) is 10.7. The van der Waals surface area contributed by atoms with Crippen LogP contribution < -0.4 is 10.1 Å². The average molecular weight is 517 g/mol. The van der Waals surface area contributed by atoms with Gasteiger partial charge in [-0.3, -0.25) is 4.99 Å². The van der Waals surface area contributed by atoms with E-state index in [1.165, 1.54) is 12.8 Å². The van der Waals surface area contributed by atoms with Crippen LogP contribution in [0.15, 0.2) is 35.3 Å². The fourth-order valence-corrected chi connectivity index (χ4v) is 3.73. The van der Waals surface area contributed by atoms with Crippen LogP contribution in [-0.4, -0.2) is 69.6 Å². The molecule has 0 aromatic heterocycles. The van der Waals surface area contributed by atoms with Crippen molar-refractivity contribution in [2.24, 2.45) is 4.99 Å². The number of para-hydroxylation sites is 1. The van der Waals surface area contributed by atoms with E-state index in [1.807, 2.05) is 37.4 Å². The number of nitrogens with one attached hydrogen (secondary N) is 1. The number of halogens is 1. The van der Waals surface area contributed by atoms with Crippen LogP contribution in [0, 0.1) is 0 Å². The monoisotopic (exact) mass is 517 g/mol. The molecule has 1 N–H and O–H groups in total. The smallest absolute Gasteiger partial charge is 0.193 e. The van der Waals surface area contributed by atoms with Crippen LogP contribution in [0.5, 0.6) is 5.75 Å². The summed E-state index contributed by atoms with van der Waals surface area (Å²) >= 11 is 0. The molecule has 2 saturated heterocycles. The minimum Gasteiger partial charge on any atom is -0.494 e. The van der Waals surface area contributed by atoms with Gasteiger partial charge in [0.05, 0.1) is 25.4 Å². The van der Waals surface area contributed by atoms with Crippen molar-refractivity contribution in [1.29, 1.82) is 0 Å². The summed E-state index contributed by atoms with van der Waals surface area (Å²) in [5.74, 6) is 1.90. The van der Waals surface area contributed by atoms with Crippen LogP contribution in [0.1, 0.15) is 38.5 Å². The van der Waals surface area contributed by atoms with Gasteiger partial charge in [-0.2, -0.15) is 0 Å². The summed E-state index contributed by atoms with van der Waals surface area (Å²) in [6.45, 7) is 5.17. The van der Waals surface area contributed by atoms with Crippen molar-refractivity contribution in [3.8, 4) is 5.75 Å². The first-order chi connectivity index (χ1) is 13.8. The third-order valence-electron chi connectivity index (χ3n) is 5.36. The fourth-order valence-electron chi connectivity index (χ4n) is 3.73. The molecule has 3 rings (SSSR count). The molecule has 0 saturated carbocycles. The van der Waals surface area contributed by atoms with Gasteiger partial charge in [0.1, 0.15) is 5.75 Å². The summed E-state index contributed by atoms with van der Waals surface area (Å²) in [6.07, 6.45) is 7.29.